The number of carbonyl (C=O) groups is 2. The molecule has 1 saturated carbocycles. The first-order valence-corrected chi connectivity index (χ1v) is 4.49. The molecule has 1 aliphatic carbocycles. The van der Waals surface area contributed by atoms with Gasteiger partial charge in [0, 0.05) is 0 Å². The van der Waals surface area contributed by atoms with Gasteiger partial charge in [0.05, 0.1) is 26.4 Å². The maximum Gasteiger partial charge on any atom is 0.320 e. The van der Waals surface area contributed by atoms with E-state index in [0.29, 0.717) is 18.8 Å². The summed E-state index contributed by atoms with van der Waals surface area (Å²) in [4.78, 5) is 22.6. The van der Waals surface area contributed by atoms with Crippen molar-refractivity contribution in [2.24, 2.45) is 11.8 Å². The van der Waals surface area contributed by atoms with E-state index in [1.807, 2.05) is 13.8 Å². The van der Waals surface area contributed by atoms with E-state index < -0.39 is 11.9 Å². The molecule has 1 rings (SSSR count). The van der Waals surface area contributed by atoms with Gasteiger partial charge in [0.15, 0.2) is 11.7 Å². The molecule has 0 aromatic heterocycles. The lowest BCUT2D eigenvalue weighted by molar-refractivity contribution is -0.150. The van der Waals surface area contributed by atoms with E-state index in [9.17, 15) is 9.59 Å². The van der Waals surface area contributed by atoms with Gasteiger partial charge in [-0.2, -0.15) is 0 Å². The fourth-order valence-corrected chi connectivity index (χ4v) is 1.61. The van der Waals surface area contributed by atoms with Crippen molar-refractivity contribution < 1.29 is 14.3 Å². The molecule has 72 valence electrons. The first kappa shape index (κ1) is 10.1. The van der Waals surface area contributed by atoms with Crippen molar-refractivity contribution in [2.75, 3.05) is 7.11 Å². The molecule has 3 heteroatoms. The van der Waals surface area contributed by atoms with Crippen LogP contribution in [-0.4, -0.2) is 18.9 Å². The Morgan fingerprint density at radius 2 is 2.23 bits per heavy atom. The van der Waals surface area contributed by atoms with Crippen LogP contribution in [0.2, 0.25) is 0 Å². The van der Waals surface area contributed by atoms with Crippen LogP contribution in [0.5, 0.6) is 0 Å². The van der Waals surface area contributed by atoms with Crippen LogP contribution in [0.25, 0.3) is 0 Å². The second-order valence-electron chi connectivity index (χ2n) is 3.70. The van der Waals surface area contributed by atoms with Crippen molar-refractivity contribution in [2.45, 2.75) is 26.7 Å². The van der Waals surface area contributed by atoms with Gasteiger partial charge in [-0.15, -0.1) is 0 Å². The van der Waals surface area contributed by atoms with Crippen LogP contribution in [0, 0.1) is 17.8 Å². The molecule has 13 heavy (non-hydrogen) atoms. The Labute approximate surface area is 78.5 Å². The maximum absolute atomic E-state index is 11.4. The maximum atomic E-state index is 11.4. The van der Waals surface area contributed by atoms with Gasteiger partial charge < -0.3 is 4.74 Å². The summed E-state index contributed by atoms with van der Waals surface area (Å²) in [5, 5.41) is 0. The predicted octanol–water partition coefficient (Wildman–Crippen LogP) is 1.37. The van der Waals surface area contributed by atoms with Crippen molar-refractivity contribution in [3.05, 3.63) is 5.92 Å². The third-order valence-corrected chi connectivity index (χ3v) is 2.75. The van der Waals surface area contributed by atoms with E-state index in [1.54, 1.807) is 0 Å². The number of hydrogen-bond donors (Lipinski definition) is 0. The Morgan fingerprint density at radius 3 is 2.77 bits per heavy atom. The molecule has 0 aliphatic heterocycles. The molecule has 0 radical (unpaired) electrons. The molecular formula is C10H15O3+. The van der Waals surface area contributed by atoms with Crippen LogP contribution in [0.15, 0.2) is 0 Å². The summed E-state index contributed by atoms with van der Waals surface area (Å²) in [6, 6.07) is 0. The molecule has 0 amide bonds. The van der Waals surface area contributed by atoms with Crippen LogP contribution in [-0.2, 0) is 14.3 Å². The van der Waals surface area contributed by atoms with Gasteiger partial charge >= 0.3 is 5.97 Å². The highest BCUT2D eigenvalue weighted by Gasteiger charge is 2.43. The van der Waals surface area contributed by atoms with Gasteiger partial charge in [0.25, 0.3) is 0 Å². The average Bonchev–Trinajstić information content (AvgIpc) is 2.10. The lowest BCUT2D eigenvalue weighted by Crippen LogP contribution is -2.34. The quantitative estimate of drug-likeness (QED) is 0.350. The first-order chi connectivity index (χ1) is 6.06. The van der Waals surface area contributed by atoms with Gasteiger partial charge in [-0.25, -0.2) is 0 Å². The number of ketones is 1. The van der Waals surface area contributed by atoms with E-state index in [-0.39, 0.29) is 5.78 Å². The van der Waals surface area contributed by atoms with Crippen molar-refractivity contribution >= 4 is 11.8 Å². The molecule has 0 bridgehead atoms. The fraction of sp³-hybridized carbons (Fsp3) is 0.700. The minimum atomic E-state index is -0.541. The Morgan fingerprint density at radius 1 is 1.62 bits per heavy atom. The van der Waals surface area contributed by atoms with E-state index in [0.717, 1.165) is 0 Å². The standard InChI is InChI=1S/C10H15O3/c1-6-4-8(10(12)13-3)9(11)5-7(6)2/h7-8H,4-5H2,1-3H3/q+1/t7-,8?/m0/s1. The van der Waals surface area contributed by atoms with Gasteiger partial charge in [0.1, 0.15) is 12.3 Å². The van der Waals surface area contributed by atoms with E-state index in [1.165, 1.54) is 13.0 Å². The second kappa shape index (κ2) is 3.81. The molecule has 1 aliphatic rings. The monoisotopic (exact) mass is 183 g/mol. The highest BCUT2D eigenvalue weighted by atomic mass is 16.5. The van der Waals surface area contributed by atoms with Crippen LogP contribution in [0.3, 0.4) is 0 Å². The molecule has 1 unspecified atom stereocenters. The summed E-state index contributed by atoms with van der Waals surface area (Å²) in [5.41, 5.74) is 0. The molecule has 2 atom stereocenters. The number of methoxy groups -OCH3 is 1. The summed E-state index contributed by atoms with van der Waals surface area (Å²) >= 11 is 0. The summed E-state index contributed by atoms with van der Waals surface area (Å²) < 4.78 is 4.57. The first-order valence-electron chi connectivity index (χ1n) is 4.49. The topological polar surface area (TPSA) is 43.4 Å². The third kappa shape index (κ3) is 2.02. The number of rotatable bonds is 1. The van der Waals surface area contributed by atoms with Gasteiger partial charge in [-0.05, 0) is 6.92 Å². The Bertz CT molecular complexity index is 222. The molecule has 0 heterocycles. The van der Waals surface area contributed by atoms with Gasteiger partial charge in [-0.1, -0.05) is 0 Å². The third-order valence-electron chi connectivity index (χ3n) is 2.75. The van der Waals surface area contributed by atoms with Crippen LogP contribution in [0.1, 0.15) is 26.7 Å². The lowest BCUT2D eigenvalue weighted by atomic mass is 9.75. The molecule has 1 fully saturated rings. The summed E-state index contributed by atoms with van der Waals surface area (Å²) in [6.45, 7) is 4.01. The highest BCUT2D eigenvalue weighted by Crippen LogP contribution is 2.32. The summed E-state index contributed by atoms with van der Waals surface area (Å²) in [6.07, 6.45) is 1.04. The number of ether oxygens (including phenoxy) is 1. The van der Waals surface area contributed by atoms with Crippen molar-refractivity contribution in [1.29, 1.82) is 0 Å². The van der Waals surface area contributed by atoms with Crippen LogP contribution in [0.4, 0.5) is 0 Å². The minimum Gasteiger partial charge on any atom is -0.468 e. The zero-order valence-corrected chi connectivity index (χ0v) is 8.29. The summed E-state index contributed by atoms with van der Waals surface area (Å²) in [5.74, 6) is 0.616. The van der Waals surface area contributed by atoms with Crippen molar-refractivity contribution in [3.8, 4) is 0 Å². The zero-order chi connectivity index (χ0) is 10.0. The Balaban J connectivity index is 2.67. The molecule has 3 nitrogen and oxygen atoms in total. The second-order valence-corrected chi connectivity index (χ2v) is 3.70. The van der Waals surface area contributed by atoms with Crippen LogP contribution >= 0.6 is 0 Å². The van der Waals surface area contributed by atoms with Crippen molar-refractivity contribution in [1.82, 2.24) is 0 Å². The van der Waals surface area contributed by atoms with Crippen molar-refractivity contribution in [3.63, 3.8) is 0 Å². The predicted molar refractivity (Wildman–Crippen MR) is 47.8 cm³/mol. The number of hydrogen-bond acceptors (Lipinski definition) is 3. The number of carbonyl (C=O) groups excluding carboxylic acids is 2. The number of Topliss-reactive ketones (excluding diaryl/α,β-unsaturated/α-hetero) is 1. The normalized spacial score (nSPS) is 28.8. The summed E-state index contributed by atoms with van der Waals surface area (Å²) in [7, 11) is 1.32. The van der Waals surface area contributed by atoms with E-state index in [4.69, 9.17) is 0 Å². The largest absolute Gasteiger partial charge is 0.468 e. The molecular weight excluding hydrogens is 168 g/mol. The Kier molecular flexibility index (Phi) is 2.96. The highest BCUT2D eigenvalue weighted by molar-refractivity contribution is 6.00. The molecule has 0 aromatic rings. The van der Waals surface area contributed by atoms with E-state index in [2.05, 4.69) is 4.74 Å². The zero-order valence-electron chi connectivity index (χ0n) is 8.29. The van der Waals surface area contributed by atoms with Gasteiger partial charge in [0.2, 0.25) is 0 Å². The lowest BCUT2D eigenvalue weighted by Gasteiger charge is -2.21. The molecule has 0 N–H and O–H groups in total. The fourth-order valence-electron chi connectivity index (χ4n) is 1.61. The molecule has 0 spiro atoms. The molecule has 0 aromatic carbocycles. The smallest absolute Gasteiger partial charge is 0.320 e. The van der Waals surface area contributed by atoms with Crippen LogP contribution < -0.4 is 0 Å². The average molecular weight is 183 g/mol. The minimum absolute atomic E-state index is 0.0185. The van der Waals surface area contributed by atoms with E-state index >= 15 is 0 Å². The SMILES string of the molecule is COC(=O)C1C[C+](C)[C@@H](C)CC1=O. The molecule has 0 saturated heterocycles. The Hall–Kier alpha value is -0.990. The van der Waals surface area contributed by atoms with Gasteiger partial charge in [-0.3, -0.25) is 9.59 Å². The number of esters is 1.